The molecule has 4 rings (SSSR count). The minimum atomic E-state index is -0.554. The molecule has 1 amide bonds. The van der Waals surface area contributed by atoms with E-state index in [1.54, 1.807) is 24.3 Å². The zero-order valence-electron chi connectivity index (χ0n) is 14.9. The molecule has 0 saturated carbocycles. The second-order valence-electron chi connectivity index (χ2n) is 6.08. The fourth-order valence-electron chi connectivity index (χ4n) is 3.07. The van der Waals surface area contributed by atoms with Gasteiger partial charge < -0.3 is 9.30 Å². The third-order valence-corrected chi connectivity index (χ3v) is 5.43. The van der Waals surface area contributed by atoms with Crippen LogP contribution in [-0.4, -0.2) is 23.6 Å². The highest BCUT2D eigenvalue weighted by Gasteiger charge is 2.16. The Bertz CT molecular complexity index is 1280. The number of hydrogen-bond acceptors (Lipinski definition) is 4. The van der Waals surface area contributed by atoms with Crippen LogP contribution >= 0.6 is 11.3 Å². The van der Waals surface area contributed by atoms with Crippen LogP contribution in [0.5, 0.6) is 0 Å². The molecule has 0 unspecified atom stereocenters. The number of para-hydroxylation sites is 1. The van der Waals surface area contributed by atoms with Crippen molar-refractivity contribution in [3.05, 3.63) is 76.8 Å². The lowest BCUT2D eigenvalue weighted by molar-refractivity contribution is -0.141. The number of aromatic nitrogens is 1. The van der Waals surface area contributed by atoms with Crippen molar-refractivity contribution in [3.8, 4) is 0 Å². The van der Waals surface area contributed by atoms with E-state index in [4.69, 9.17) is 4.74 Å². The summed E-state index contributed by atoms with van der Waals surface area (Å²) in [6.45, 7) is -0.237. The number of halogens is 1. The van der Waals surface area contributed by atoms with Crippen LogP contribution in [0, 0.1) is 5.82 Å². The van der Waals surface area contributed by atoms with E-state index in [0.717, 1.165) is 22.1 Å². The van der Waals surface area contributed by atoms with Gasteiger partial charge in [-0.2, -0.15) is 4.99 Å². The number of hydrogen-bond donors (Lipinski definition) is 0. The Balaban J connectivity index is 1.91. The largest absolute Gasteiger partial charge is 0.468 e. The SMILES string of the molecule is COC(=O)Cn1c(=NC(=O)c2cccc3ccccc23)sc2cccc(F)c21. The van der Waals surface area contributed by atoms with Gasteiger partial charge in [-0.1, -0.05) is 53.8 Å². The molecular formula is C21H15FN2O3S. The monoisotopic (exact) mass is 394 g/mol. The van der Waals surface area contributed by atoms with Crippen LogP contribution in [0.25, 0.3) is 21.0 Å². The number of amides is 1. The van der Waals surface area contributed by atoms with Gasteiger partial charge >= 0.3 is 5.97 Å². The summed E-state index contributed by atoms with van der Waals surface area (Å²) in [6, 6.07) is 17.5. The fourth-order valence-corrected chi connectivity index (χ4v) is 4.11. The van der Waals surface area contributed by atoms with Crippen molar-refractivity contribution < 1.29 is 18.7 Å². The van der Waals surface area contributed by atoms with E-state index in [0.29, 0.717) is 10.3 Å². The van der Waals surface area contributed by atoms with Crippen molar-refractivity contribution in [1.29, 1.82) is 0 Å². The van der Waals surface area contributed by atoms with Gasteiger partial charge in [-0.25, -0.2) is 4.39 Å². The first-order valence-electron chi connectivity index (χ1n) is 8.50. The highest BCUT2D eigenvalue weighted by atomic mass is 32.1. The van der Waals surface area contributed by atoms with Crippen LogP contribution in [0.4, 0.5) is 4.39 Å². The van der Waals surface area contributed by atoms with Gasteiger partial charge in [0, 0.05) is 5.56 Å². The van der Waals surface area contributed by atoms with Crippen molar-refractivity contribution in [1.82, 2.24) is 4.57 Å². The third kappa shape index (κ3) is 3.20. The van der Waals surface area contributed by atoms with Crippen LogP contribution in [0.1, 0.15) is 10.4 Å². The summed E-state index contributed by atoms with van der Waals surface area (Å²) in [5.74, 6) is -1.50. The minimum absolute atomic E-state index is 0.224. The van der Waals surface area contributed by atoms with Crippen LogP contribution in [0.2, 0.25) is 0 Å². The molecule has 28 heavy (non-hydrogen) atoms. The number of nitrogens with zero attached hydrogens (tertiary/aromatic N) is 2. The van der Waals surface area contributed by atoms with Gasteiger partial charge in [-0.05, 0) is 29.0 Å². The molecule has 0 N–H and O–H groups in total. The van der Waals surface area contributed by atoms with Gasteiger partial charge in [0.15, 0.2) is 4.80 Å². The maximum absolute atomic E-state index is 14.4. The predicted octanol–water partition coefficient (Wildman–Crippen LogP) is 3.91. The summed E-state index contributed by atoms with van der Waals surface area (Å²) in [5.41, 5.74) is 0.669. The summed E-state index contributed by atoms with van der Waals surface area (Å²) in [5, 5.41) is 1.71. The Morgan fingerprint density at radius 2 is 1.82 bits per heavy atom. The van der Waals surface area contributed by atoms with Gasteiger partial charge in [0.25, 0.3) is 5.91 Å². The zero-order valence-corrected chi connectivity index (χ0v) is 15.7. The predicted molar refractivity (Wildman–Crippen MR) is 106 cm³/mol. The maximum atomic E-state index is 14.4. The molecule has 0 saturated heterocycles. The van der Waals surface area contributed by atoms with Crippen molar-refractivity contribution in [2.45, 2.75) is 6.54 Å². The summed E-state index contributed by atoms with van der Waals surface area (Å²) in [6.07, 6.45) is 0. The first-order chi connectivity index (χ1) is 13.6. The lowest BCUT2D eigenvalue weighted by Gasteiger charge is -2.05. The summed E-state index contributed by atoms with van der Waals surface area (Å²) >= 11 is 1.15. The molecule has 4 aromatic rings. The molecule has 0 fully saturated rings. The van der Waals surface area contributed by atoms with E-state index in [1.807, 2.05) is 30.3 Å². The molecule has 5 nitrogen and oxygen atoms in total. The van der Waals surface area contributed by atoms with Crippen molar-refractivity contribution in [2.75, 3.05) is 7.11 Å². The van der Waals surface area contributed by atoms with Crippen LogP contribution in [-0.2, 0) is 16.1 Å². The molecule has 0 aliphatic rings. The van der Waals surface area contributed by atoms with E-state index in [-0.39, 0.29) is 16.9 Å². The molecule has 0 spiro atoms. The number of carbonyl (C=O) groups is 2. The first kappa shape index (κ1) is 18.1. The van der Waals surface area contributed by atoms with E-state index >= 15 is 0 Å². The number of carbonyl (C=O) groups excluding carboxylic acids is 2. The number of rotatable bonds is 3. The normalized spacial score (nSPS) is 11.9. The van der Waals surface area contributed by atoms with Crippen molar-refractivity contribution >= 4 is 44.2 Å². The Morgan fingerprint density at radius 3 is 2.64 bits per heavy atom. The standard InChI is InChI=1S/C21H15FN2O3S/c1-27-18(25)12-24-19-16(22)10-5-11-17(19)28-21(24)23-20(26)15-9-4-7-13-6-2-3-8-14(13)15/h2-11H,12H2,1H3. The van der Waals surface area contributed by atoms with Gasteiger partial charge in [0.2, 0.25) is 0 Å². The van der Waals surface area contributed by atoms with E-state index in [9.17, 15) is 14.0 Å². The molecule has 0 aliphatic carbocycles. The molecule has 7 heteroatoms. The first-order valence-corrected chi connectivity index (χ1v) is 9.31. The second-order valence-corrected chi connectivity index (χ2v) is 7.09. The van der Waals surface area contributed by atoms with Gasteiger partial charge in [0.1, 0.15) is 12.4 Å². The average molecular weight is 394 g/mol. The highest BCUT2D eigenvalue weighted by Crippen LogP contribution is 2.22. The van der Waals surface area contributed by atoms with Gasteiger partial charge in [0.05, 0.1) is 17.3 Å². The van der Waals surface area contributed by atoms with Gasteiger partial charge in [-0.15, -0.1) is 0 Å². The lowest BCUT2D eigenvalue weighted by Crippen LogP contribution is -2.22. The van der Waals surface area contributed by atoms with Crippen LogP contribution in [0.15, 0.2) is 65.7 Å². The Labute approximate surface area is 163 Å². The minimum Gasteiger partial charge on any atom is -0.468 e. The fraction of sp³-hybridized carbons (Fsp3) is 0.0952. The van der Waals surface area contributed by atoms with E-state index in [1.165, 1.54) is 17.7 Å². The quantitative estimate of drug-likeness (QED) is 0.495. The van der Waals surface area contributed by atoms with E-state index < -0.39 is 17.7 Å². The molecule has 0 aliphatic heterocycles. The topological polar surface area (TPSA) is 60.7 Å². The molecule has 0 bridgehead atoms. The Hall–Kier alpha value is -3.32. The number of methoxy groups -OCH3 is 1. The smallest absolute Gasteiger partial charge is 0.325 e. The van der Waals surface area contributed by atoms with E-state index in [2.05, 4.69) is 4.99 Å². The number of fused-ring (bicyclic) bond motifs is 2. The molecule has 1 heterocycles. The molecule has 3 aromatic carbocycles. The Kier molecular flexibility index (Phi) is 4.75. The summed E-state index contributed by atoms with van der Waals surface area (Å²) < 4.78 is 21.1. The molecule has 0 atom stereocenters. The highest BCUT2D eigenvalue weighted by molar-refractivity contribution is 7.16. The molecule has 140 valence electrons. The number of thiazole rings is 1. The Morgan fingerprint density at radius 1 is 1.07 bits per heavy atom. The number of benzene rings is 3. The summed E-state index contributed by atoms with van der Waals surface area (Å²) in [4.78, 5) is 29.2. The molecular weight excluding hydrogens is 379 g/mol. The maximum Gasteiger partial charge on any atom is 0.325 e. The summed E-state index contributed by atoms with van der Waals surface area (Å²) in [7, 11) is 1.26. The number of ether oxygens (including phenoxy) is 1. The molecule has 1 aromatic heterocycles. The van der Waals surface area contributed by atoms with Gasteiger partial charge in [-0.3, -0.25) is 9.59 Å². The van der Waals surface area contributed by atoms with Crippen molar-refractivity contribution in [3.63, 3.8) is 0 Å². The van der Waals surface area contributed by atoms with Crippen LogP contribution in [0.3, 0.4) is 0 Å². The average Bonchev–Trinajstić information content (AvgIpc) is 3.05. The lowest BCUT2D eigenvalue weighted by atomic mass is 10.0. The molecule has 0 radical (unpaired) electrons. The number of esters is 1. The second kappa shape index (κ2) is 7.36. The van der Waals surface area contributed by atoms with Crippen LogP contribution < -0.4 is 4.80 Å². The zero-order chi connectivity index (χ0) is 19.7. The van der Waals surface area contributed by atoms with Crippen molar-refractivity contribution in [2.24, 2.45) is 4.99 Å². The third-order valence-electron chi connectivity index (χ3n) is 4.38.